The summed E-state index contributed by atoms with van der Waals surface area (Å²) in [5, 5.41) is 0.627. The number of halogens is 1. The Bertz CT molecular complexity index is 506. The van der Waals surface area contributed by atoms with Crippen LogP contribution in [0.25, 0.3) is 0 Å². The van der Waals surface area contributed by atoms with Crippen LogP contribution in [0.1, 0.15) is 42.9 Å². The molecule has 3 unspecified atom stereocenters. The number of carbonyl (C=O) groups is 1. The summed E-state index contributed by atoms with van der Waals surface area (Å²) in [4.78, 5) is 14.9. The molecular weight excluding hydrogens is 316 g/mol. The van der Waals surface area contributed by atoms with Crippen LogP contribution in [0.15, 0.2) is 24.3 Å². The van der Waals surface area contributed by atoms with Crippen LogP contribution in [0, 0.1) is 6.92 Å². The van der Waals surface area contributed by atoms with E-state index in [1.807, 2.05) is 43.0 Å². The van der Waals surface area contributed by atoms with Gasteiger partial charge in [0.2, 0.25) is 5.91 Å². The summed E-state index contributed by atoms with van der Waals surface area (Å²) in [5.74, 6) is 1.16. The molecule has 1 aromatic carbocycles. The molecule has 0 bridgehead atoms. The second-order valence-corrected chi connectivity index (χ2v) is 7.53. The Kier molecular flexibility index (Phi) is 6.18. The highest BCUT2D eigenvalue weighted by Gasteiger charge is 2.37. The maximum atomic E-state index is 12.8. The van der Waals surface area contributed by atoms with E-state index in [1.165, 1.54) is 24.8 Å². The number of hydrogen-bond acceptors (Lipinski definition) is 3. The fraction of sp³-hybridized carbons (Fsp3) is 0.588. The molecule has 5 heteroatoms. The minimum Gasteiger partial charge on any atom is -0.336 e. The van der Waals surface area contributed by atoms with Crippen LogP contribution in [0.2, 0.25) is 0 Å². The van der Waals surface area contributed by atoms with Crippen LogP contribution in [0.5, 0.6) is 0 Å². The van der Waals surface area contributed by atoms with Gasteiger partial charge in [0, 0.05) is 23.6 Å². The van der Waals surface area contributed by atoms with Gasteiger partial charge in [-0.1, -0.05) is 42.7 Å². The molecule has 3 nitrogen and oxygen atoms in total. The molecule has 22 heavy (non-hydrogen) atoms. The van der Waals surface area contributed by atoms with Crippen molar-refractivity contribution in [1.82, 2.24) is 4.90 Å². The molecule has 2 N–H and O–H groups in total. The number of benzene rings is 1. The first kappa shape index (κ1) is 17.6. The highest BCUT2D eigenvalue weighted by molar-refractivity contribution is 8.00. The van der Waals surface area contributed by atoms with Crippen molar-refractivity contribution in [1.29, 1.82) is 0 Å². The van der Waals surface area contributed by atoms with Gasteiger partial charge in [-0.05, 0) is 25.3 Å². The Morgan fingerprint density at radius 2 is 1.95 bits per heavy atom. The van der Waals surface area contributed by atoms with Crippen LogP contribution < -0.4 is 5.73 Å². The second kappa shape index (κ2) is 7.71. The zero-order valence-electron chi connectivity index (χ0n) is 13.0. The lowest BCUT2D eigenvalue weighted by atomic mass is 9.92. The third-order valence-corrected chi connectivity index (χ3v) is 6.11. The minimum atomic E-state index is -0.517. The Balaban J connectivity index is 0.00000176. The summed E-state index contributed by atoms with van der Waals surface area (Å²) >= 11 is 2.04. The van der Waals surface area contributed by atoms with E-state index in [-0.39, 0.29) is 18.3 Å². The quantitative estimate of drug-likeness (QED) is 0.898. The molecule has 3 atom stereocenters. The predicted octanol–water partition coefficient (Wildman–Crippen LogP) is 3.30. The highest BCUT2D eigenvalue weighted by Crippen LogP contribution is 2.36. The van der Waals surface area contributed by atoms with Gasteiger partial charge in [-0.25, -0.2) is 0 Å². The minimum absolute atomic E-state index is 0. The third-order valence-electron chi connectivity index (χ3n) is 4.72. The molecule has 2 aliphatic rings. The van der Waals surface area contributed by atoms with E-state index < -0.39 is 6.04 Å². The van der Waals surface area contributed by atoms with E-state index in [0.717, 1.165) is 24.3 Å². The van der Waals surface area contributed by atoms with Crippen LogP contribution >= 0.6 is 24.2 Å². The Morgan fingerprint density at radius 1 is 1.27 bits per heavy atom. The van der Waals surface area contributed by atoms with Crippen LogP contribution in [-0.4, -0.2) is 34.4 Å². The Morgan fingerprint density at radius 3 is 2.68 bits per heavy atom. The van der Waals surface area contributed by atoms with Gasteiger partial charge < -0.3 is 10.6 Å². The average Bonchev–Trinajstić information content (AvgIpc) is 2.53. The lowest BCUT2D eigenvalue weighted by Gasteiger charge is -2.44. The van der Waals surface area contributed by atoms with E-state index in [9.17, 15) is 4.79 Å². The van der Waals surface area contributed by atoms with Gasteiger partial charge in [-0.3, -0.25) is 4.79 Å². The van der Waals surface area contributed by atoms with Crippen molar-refractivity contribution in [3.8, 4) is 0 Å². The molecule has 1 aromatic rings. The number of aryl methyl sites for hydroxylation is 1. The lowest BCUT2D eigenvalue weighted by molar-refractivity contribution is -0.135. The normalized spacial score (nSPS) is 25.8. The zero-order valence-corrected chi connectivity index (χ0v) is 14.7. The maximum Gasteiger partial charge on any atom is 0.244 e. The summed E-state index contributed by atoms with van der Waals surface area (Å²) < 4.78 is 0. The number of hydrogen-bond donors (Lipinski definition) is 1. The summed E-state index contributed by atoms with van der Waals surface area (Å²) in [7, 11) is 0. The van der Waals surface area contributed by atoms with E-state index in [2.05, 4.69) is 4.90 Å². The highest BCUT2D eigenvalue weighted by atomic mass is 35.5. The summed E-state index contributed by atoms with van der Waals surface area (Å²) in [6.07, 6.45) is 4.94. The molecule has 2 fully saturated rings. The van der Waals surface area contributed by atoms with Crippen LogP contribution in [0.3, 0.4) is 0 Å². The van der Waals surface area contributed by atoms with Gasteiger partial charge in [-0.15, -0.1) is 12.4 Å². The summed E-state index contributed by atoms with van der Waals surface area (Å²) in [6, 6.07) is 7.90. The van der Waals surface area contributed by atoms with E-state index in [0.29, 0.717) is 11.3 Å². The van der Waals surface area contributed by atoms with Crippen LogP contribution in [-0.2, 0) is 4.79 Å². The smallest absolute Gasteiger partial charge is 0.244 e. The van der Waals surface area contributed by atoms with E-state index >= 15 is 0 Å². The number of carbonyl (C=O) groups excluding carboxylic acids is 1. The largest absolute Gasteiger partial charge is 0.336 e. The molecule has 122 valence electrons. The van der Waals surface area contributed by atoms with Gasteiger partial charge in [-0.2, -0.15) is 11.8 Å². The first-order valence-corrected chi connectivity index (χ1v) is 8.96. The fourth-order valence-electron chi connectivity index (χ4n) is 3.47. The van der Waals surface area contributed by atoms with Gasteiger partial charge >= 0.3 is 0 Å². The summed E-state index contributed by atoms with van der Waals surface area (Å²) in [5.41, 5.74) is 8.36. The van der Waals surface area contributed by atoms with Crippen molar-refractivity contribution in [3.05, 3.63) is 35.4 Å². The van der Waals surface area contributed by atoms with E-state index in [4.69, 9.17) is 5.73 Å². The molecule has 1 heterocycles. The third kappa shape index (κ3) is 3.61. The molecule has 0 spiro atoms. The van der Waals surface area contributed by atoms with E-state index in [1.54, 1.807) is 0 Å². The topological polar surface area (TPSA) is 46.3 Å². The SMILES string of the molecule is Cc1ccc(C(N)C(=O)N2CCSC3CCCCC32)cc1.Cl. The lowest BCUT2D eigenvalue weighted by Crippen LogP contribution is -2.54. The van der Waals surface area contributed by atoms with Gasteiger partial charge in [0.15, 0.2) is 0 Å². The molecule has 1 saturated carbocycles. The molecule has 1 amide bonds. The number of rotatable bonds is 2. The molecule has 0 aromatic heterocycles. The van der Waals surface area contributed by atoms with Crippen LogP contribution in [0.4, 0.5) is 0 Å². The molecule has 3 rings (SSSR count). The van der Waals surface area contributed by atoms with Crippen molar-refractivity contribution >= 4 is 30.1 Å². The van der Waals surface area contributed by atoms with Crippen molar-refractivity contribution < 1.29 is 4.79 Å². The Hall–Kier alpha value is -0.710. The summed E-state index contributed by atoms with van der Waals surface area (Å²) in [6.45, 7) is 2.90. The molecular formula is C17H25ClN2OS. The van der Waals surface area contributed by atoms with Gasteiger partial charge in [0.25, 0.3) is 0 Å². The monoisotopic (exact) mass is 340 g/mol. The number of fused-ring (bicyclic) bond motifs is 1. The number of nitrogens with two attached hydrogens (primary N) is 1. The van der Waals surface area contributed by atoms with Crippen molar-refractivity contribution in [2.75, 3.05) is 12.3 Å². The number of thioether (sulfide) groups is 1. The van der Waals surface area contributed by atoms with Crippen molar-refractivity contribution in [2.45, 2.75) is 49.9 Å². The van der Waals surface area contributed by atoms with Crippen molar-refractivity contribution in [3.63, 3.8) is 0 Å². The average molecular weight is 341 g/mol. The Labute approximate surface area is 143 Å². The first-order valence-electron chi connectivity index (χ1n) is 7.91. The number of nitrogens with zero attached hydrogens (tertiary/aromatic N) is 1. The zero-order chi connectivity index (χ0) is 14.8. The second-order valence-electron chi connectivity index (χ2n) is 6.18. The number of amides is 1. The van der Waals surface area contributed by atoms with Crippen molar-refractivity contribution in [2.24, 2.45) is 5.73 Å². The van der Waals surface area contributed by atoms with Gasteiger partial charge in [0.1, 0.15) is 6.04 Å². The molecule has 0 radical (unpaired) electrons. The molecule has 1 saturated heterocycles. The fourth-order valence-corrected chi connectivity index (χ4v) is 4.91. The van der Waals surface area contributed by atoms with Gasteiger partial charge in [0.05, 0.1) is 0 Å². The first-order chi connectivity index (χ1) is 10.2. The molecule has 1 aliphatic carbocycles. The molecule has 1 aliphatic heterocycles. The maximum absolute atomic E-state index is 12.8. The standard InChI is InChI=1S/C17H24N2OS.ClH/c1-12-6-8-13(9-7-12)16(18)17(20)19-10-11-21-15-5-3-2-4-14(15)19;/h6-9,14-16H,2-5,10-11,18H2,1H3;1H. The predicted molar refractivity (Wildman–Crippen MR) is 95.6 cm³/mol.